The molecular weight excluding hydrogens is 374 g/mol. The van der Waals surface area contributed by atoms with Crippen molar-refractivity contribution in [2.24, 2.45) is 5.92 Å². The summed E-state index contributed by atoms with van der Waals surface area (Å²) in [5, 5.41) is 5.42. The fourth-order valence-electron chi connectivity index (χ4n) is 3.41. The summed E-state index contributed by atoms with van der Waals surface area (Å²) in [6.07, 6.45) is 2.55. The van der Waals surface area contributed by atoms with E-state index in [2.05, 4.69) is 23.0 Å². The van der Waals surface area contributed by atoms with Crippen molar-refractivity contribution in [1.82, 2.24) is 21.1 Å². The summed E-state index contributed by atoms with van der Waals surface area (Å²) < 4.78 is 26.5. The number of carbonyl (C=O) groups excluding carboxylic acids is 4. The van der Waals surface area contributed by atoms with Gasteiger partial charge in [-0.1, -0.05) is 6.92 Å². The Bertz CT molecular complexity index is 837. The molecule has 1 spiro atoms. The molecule has 28 heavy (non-hydrogen) atoms. The summed E-state index contributed by atoms with van der Waals surface area (Å²) in [7, 11) is 0. The van der Waals surface area contributed by atoms with E-state index in [4.69, 9.17) is 0 Å². The van der Waals surface area contributed by atoms with Gasteiger partial charge < -0.3 is 10.6 Å². The van der Waals surface area contributed by atoms with E-state index >= 15 is 0 Å². The van der Waals surface area contributed by atoms with E-state index < -0.39 is 53.0 Å². The third-order valence-corrected chi connectivity index (χ3v) is 5.11. The normalized spacial score (nSPS) is 24.2. The Morgan fingerprint density at radius 1 is 1.25 bits per heavy atom. The predicted molar refractivity (Wildman–Crippen MR) is 92.6 cm³/mol. The SMILES string of the molecule is CC1CCC2(CC1)NC(=O)N(NC(=O)CNC(=O)c1ccc(F)cc1F)C2=O. The Labute approximate surface area is 159 Å². The maximum Gasteiger partial charge on any atom is 0.344 e. The van der Waals surface area contributed by atoms with E-state index in [0.717, 1.165) is 25.0 Å². The molecule has 0 atom stereocenters. The Hall–Kier alpha value is -3.04. The first kappa shape index (κ1) is 19.7. The highest BCUT2D eigenvalue weighted by Gasteiger charge is 2.52. The highest BCUT2D eigenvalue weighted by Crippen LogP contribution is 2.35. The molecule has 150 valence electrons. The summed E-state index contributed by atoms with van der Waals surface area (Å²) in [6.45, 7) is 1.47. The molecule has 0 unspecified atom stereocenters. The number of nitrogens with one attached hydrogen (secondary N) is 3. The van der Waals surface area contributed by atoms with Gasteiger partial charge in [-0.2, -0.15) is 5.01 Å². The molecule has 2 fully saturated rings. The average Bonchev–Trinajstić information content (AvgIpc) is 2.86. The highest BCUT2D eigenvalue weighted by molar-refractivity contribution is 6.08. The zero-order valence-corrected chi connectivity index (χ0v) is 15.2. The standard InChI is InChI=1S/C18H20F2N4O4/c1-10-4-6-18(7-5-10)16(27)24(17(28)22-18)23-14(25)9-21-15(26)12-3-2-11(19)8-13(12)20/h2-3,8,10H,4-7,9H2,1H3,(H,21,26)(H,22,28)(H,23,25). The number of amides is 5. The molecule has 1 aromatic carbocycles. The fourth-order valence-corrected chi connectivity index (χ4v) is 3.41. The Kier molecular flexibility index (Phi) is 5.30. The number of hydrogen-bond donors (Lipinski definition) is 3. The predicted octanol–water partition coefficient (Wildman–Crippen LogP) is 1.23. The maximum absolute atomic E-state index is 13.6. The first-order valence-corrected chi connectivity index (χ1v) is 8.91. The minimum absolute atomic E-state index is 0.431. The van der Waals surface area contributed by atoms with Crippen molar-refractivity contribution in [2.45, 2.75) is 38.1 Å². The molecule has 1 saturated heterocycles. The number of hydrogen-bond acceptors (Lipinski definition) is 4. The van der Waals surface area contributed by atoms with E-state index in [9.17, 15) is 28.0 Å². The van der Waals surface area contributed by atoms with Crippen LogP contribution in [-0.4, -0.2) is 40.8 Å². The Morgan fingerprint density at radius 2 is 1.93 bits per heavy atom. The van der Waals surface area contributed by atoms with Crippen molar-refractivity contribution in [2.75, 3.05) is 6.54 Å². The van der Waals surface area contributed by atoms with Crippen LogP contribution in [0.15, 0.2) is 18.2 Å². The molecule has 1 aliphatic carbocycles. The van der Waals surface area contributed by atoms with E-state index in [1.165, 1.54) is 0 Å². The minimum atomic E-state index is -1.07. The molecule has 3 N–H and O–H groups in total. The molecule has 0 aromatic heterocycles. The number of urea groups is 1. The number of halogens is 2. The minimum Gasteiger partial charge on any atom is -0.343 e. The van der Waals surface area contributed by atoms with Gasteiger partial charge in [0, 0.05) is 6.07 Å². The molecule has 0 radical (unpaired) electrons. The van der Waals surface area contributed by atoms with Crippen molar-refractivity contribution >= 4 is 23.8 Å². The molecule has 8 nitrogen and oxygen atoms in total. The second kappa shape index (κ2) is 7.53. The van der Waals surface area contributed by atoms with Crippen LogP contribution in [0.4, 0.5) is 13.6 Å². The van der Waals surface area contributed by atoms with Crippen LogP contribution in [-0.2, 0) is 9.59 Å². The molecule has 0 bridgehead atoms. The number of rotatable bonds is 4. The van der Waals surface area contributed by atoms with Crippen molar-refractivity contribution in [3.8, 4) is 0 Å². The zero-order chi connectivity index (χ0) is 20.5. The lowest BCUT2D eigenvalue weighted by atomic mass is 9.77. The monoisotopic (exact) mass is 394 g/mol. The van der Waals surface area contributed by atoms with E-state index in [1.54, 1.807) is 0 Å². The molecule has 3 rings (SSSR count). The molecule has 1 aliphatic heterocycles. The van der Waals surface area contributed by atoms with Gasteiger partial charge in [-0.15, -0.1) is 0 Å². The van der Waals surface area contributed by atoms with E-state index in [-0.39, 0.29) is 0 Å². The summed E-state index contributed by atoms with van der Waals surface area (Å²) >= 11 is 0. The quantitative estimate of drug-likeness (QED) is 0.668. The van der Waals surface area contributed by atoms with Crippen LogP contribution < -0.4 is 16.1 Å². The van der Waals surface area contributed by atoms with Crippen LogP contribution >= 0.6 is 0 Å². The van der Waals surface area contributed by atoms with Gasteiger partial charge in [0.05, 0.1) is 12.1 Å². The molecule has 2 aliphatic rings. The maximum atomic E-state index is 13.6. The van der Waals surface area contributed by atoms with Crippen LogP contribution in [0.1, 0.15) is 43.0 Å². The first-order chi connectivity index (χ1) is 13.2. The lowest BCUT2D eigenvalue weighted by Gasteiger charge is -2.33. The van der Waals surface area contributed by atoms with Gasteiger partial charge in [0.15, 0.2) is 0 Å². The lowest BCUT2D eigenvalue weighted by molar-refractivity contribution is -0.139. The van der Waals surface area contributed by atoms with Crippen molar-refractivity contribution in [1.29, 1.82) is 0 Å². The third kappa shape index (κ3) is 3.80. The summed E-state index contributed by atoms with van der Waals surface area (Å²) in [4.78, 5) is 48.7. The van der Waals surface area contributed by atoms with Gasteiger partial charge in [-0.3, -0.25) is 19.8 Å². The van der Waals surface area contributed by atoms with Gasteiger partial charge in [-0.25, -0.2) is 13.6 Å². The average molecular weight is 394 g/mol. The summed E-state index contributed by atoms with van der Waals surface area (Å²) in [6, 6.07) is 1.68. The van der Waals surface area contributed by atoms with Gasteiger partial charge >= 0.3 is 6.03 Å². The Morgan fingerprint density at radius 3 is 2.57 bits per heavy atom. The van der Waals surface area contributed by atoms with Crippen LogP contribution in [0, 0.1) is 17.6 Å². The molecule has 1 saturated carbocycles. The van der Waals surface area contributed by atoms with Crippen molar-refractivity contribution in [3.63, 3.8) is 0 Å². The molecule has 10 heteroatoms. The van der Waals surface area contributed by atoms with Crippen LogP contribution in [0.5, 0.6) is 0 Å². The fraction of sp³-hybridized carbons (Fsp3) is 0.444. The van der Waals surface area contributed by atoms with E-state index in [1.807, 2.05) is 0 Å². The van der Waals surface area contributed by atoms with Crippen molar-refractivity contribution < 1.29 is 28.0 Å². The number of nitrogens with zero attached hydrogens (tertiary/aromatic N) is 1. The van der Waals surface area contributed by atoms with Gasteiger partial charge in [0.1, 0.15) is 17.2 Å². The number of carbonyl (C=O) groups is 4. The highest BCUT2D eigenvalue weighted by atomic mass is 19.1. The van der Waals surface area contributed by atoms with Crippen LogP contribution in [0.25, 0.3) is 0 Å². The number of benzene rings is 1. The van der Waals surface area contributed by atoms with Crippen LogP contribution in [0.2, 0.25) is 0 Å². The van der Waals surface area contributed by atoms with Gasteiger partial charge in [0.25, 0.3) is 17.7 Å². The first-order valence-electron chi connectivity index (χ1n) is 8.91. The van der Waals surface area contributed by atoms with Crippen LogP contribution in [0.3, 0.4) is 0 Å². The zero-order valence-electron chi connectivity index (χ0n) is 15.2. The molecule has 1 aromatic rings. The topological polar surface area (TPSA) is 108 Å². The molecule has 5 amide bonds. The van der Waals surface area contributed by atoms with Gasteiger partial charge in [-0.05, 0) is 43.7 Å². The molecule has 1 heterocycles. The number of hydrazine groups is 1. The largest absolute Gasteiger partial charge is 0.344 e. The van der Waals surface area contributed by atoms with E-state index in [0.29, 0.717) is 29.8 Å². The summed E-state index contributed by atoms with van der Waals surface area (Å²) in [5.41, 5.74) is 0.722. The van der Waals surface area contributed by atoms with Gasteiger partial charge in [0.2, 0.25) is 0 Å². The smallest absolute Gasteiger partial charge is 0.343 e. The second-order valence-electron chi connectivity index (χ2n) is 7.18. The molecular formula is C18H20F2N4O4. The third-order valence-electron chi connectivity index (χ3n) is 5.11. The van der Waals surface area contributed by atoms with Crippen molar-refractivity contribution in [3.05, 3.63) is 35.4 Å². The number of imide groups is 1. The second-order valence-corrected chi connectivity index (χ2v) is 7.18. The summed E-state index contributed by atoms with van der Waals surface area (Å²) in [5.74, 6) is -3.74. The Balaban J connectivity index is 1.57. The lowest BCUT2D eigenvalue weighted by Crippen LogP contribution is -2.52.